The summed E-state index contributed by atoms with van der Waals surface area (Å²) in [6.07, 6.45) is 0.0855. The van der Waals surface area contributed by atoms with E-state index in [1.165, 1.54) is 11.3 Å². The Bertz CT molecular complexity index is 1150. The summed E-state index contributed by atoms with van der Waals surface area (Å²) in [6, 6.07) is 19.1. The van der Waals surface area contributed by atoms with Crippen LogP contribution in [0.4, 0.5) is 10.8 Å². The van der Waals surface area contributed by atoms with Crippen molar-refractivity contribution in [3.05, 3.63) is 87.4 Å². The minimum atomic E-state index is -0.128. The zero-order valence-electron chi connectivity index (χ0n) is 15.9. The van der Waals surface area contributed by atoms with Crippen LogP contribution in [-0.2, 0) is 11.2 Å². The van der Waals surface area contributed by atoms with Crippen LogP contribution in [0, 0.1) is 13.8 Å². The minimum Gasteiger partial charge on any atom is -0.274 e. The predicted molar refractivity (Wildman–Crippen MR) is 123 cm³/mol. The number of hydrogen-bond donors (Lipinski definition) is 0. The Kier molecular flexibility index (Phi) is 5.59. The molecule has 0 spiro atoms. The largest absolute Gasteiger partial charge is 0.274 e. The molecule has 1 aromatic heterocycles. The number of rotatable bonds is 4. The van der Waals surface area contributed by atoms with Crippen molar-refractivity contribution in [2.75, 3.05) is 4.90 Å². The molecular weight excluding hydrogens is 423 g/mol. The summed E-state index contributed by atoms with van der Waals surface area (Å²) in [6.45, 7) is 4.00. The lowest BCUT2D eigenvalue weighted by Gasteiger charge is -2.24. The van der Waals surface area contributed by atoms with Gasteiger partial charge in [-0.2, -0.15) is 0 Å². The second kappa shape index (κ2) is 8.15. The standard InChI is InChI=1S/C23H18Cl2N2OS/c1-14-7-5-8-15(2)22(14)27(23-26-19-11-3-4-12-20(19)29-23)21(28)13-16-17(24)9-6-10-18(16)25/h3-12H,13H2,1-2H3. The molecule has 0 saturated carbocycles. The number of benzene rings is 3. The van der Waals surface area contributed by atoms with Gasteiger partial charge in [0.15, 0.2) is 5.13 Å². The van der Waals surface area contributed by atoms with Crippen LogP contribution in [0.3, 0.4) is 0 Å². The fourth-order valence-electron chi connectivity index (χ4n) is 3.37. The van der Waals surface area contributed by atoms with Gasteiger partial charge in [-0.1, -0.05) is 70.9 Å². The highest BCUT2D eigenvalue weighted by Crippen LogP contribution is 2.37. The number of amides is 1. The number of carbonyl (C=O) groups excluding carboxylic acids is 1. The molecule has 0 aliphatic rings. The first kappa shape index (κ1) is 19.9. The fraction of sp³-hybridized carbons (Fsp3) is 0.130. The molecule has 146 valence electrons. The van der Waals surface area contributed by atoms with E-state index in [0.29, 0.717) is 20.7 Å². The summed E-state index contributed by atoms with van der Waals surface area (Å²) in [5.41, 5.74) is 4.34. The van der Waals surface area contributed by atoms with Gasteiger partial charge in [0.25, 0.3) is 0 Å². The summed E-state index contributed by atoms with van der Waals surface area (Å²) in [7, 11) is 0. The lowest BCUT2D eigenvalue weighted by molar-refractivity contribution is -0.117. The van der Waals surface area contributed by atoms with Crippen molar-refractivity contribution in [1.29, 1.82) is 0 Å². The molecule has 0 saturated heterocycles. The summed E-state index contributed by atoms with van der Waals surface area (Å²) >= 11 is 14.2. The van der Waals surface area contributed by atoms with Crippen molar-refractivity contribution in [3.63, 3.8) is 0 Å². The molecule has 4 rings (SSSR count). The van der Waals surface area contributed by atoms with Gasteiger partial charge in [0, 0.05) is 10.0 Å². The molecule has 0 N–H and O–H groups in total. The molecule has 0 aliphatic heterocycles. The minimum absolute atomic E-state index is 0.0855. The first-order valence-electron chi connectivity index (χ1n) is 9.13. The van der Waals surface area contributed by atoms with E-state index in [1.807, 2.05) is 56.3 Å². The topological polar surface area (TPSA) is 33.2 Å². The van der Waals surface area contributed by atoms with Crippen LogP contribution >= 0.6 is 34.5 Å². The molecular formula is C23H18Cl2N2OS. The van der Waals surface area contributed by atoms with Crippen LogP contribution < -0.4 is 4.90 Å². The molecule has 29 heavy (non-hydrogen) atoms. The van der Waals surface area contributed by atoms with Crippen LogP contribution in [0.25, 0.3) is 10.2 Å². The van der Waals surface area contributed by atoms with Gasteiger partial charge in [0.05, 0.1) is 22.3 Å². The molecule has 4 aromatic rings. The number of thiazole rings is 1. The van der Waals surface area contributed by atoms with Crippen LogP contribution in [0.2, 0.25) is 10.0 Å². The number of aromatic nitrogens is 1. The van der Waals surface area contributed by atoms with Crippen molar-refractivity contribution >= 4 is 61.5 Å². The number of carbonyl (C=O) groups is 1. The SMILES string of the molecule is Cc1cccc(C)c1N(C(=O)Cc1c(Cl)cccc1Cl)c1nc2ccccc2s1. The smallest absolute Gasteiger partial charge is 0.237 e. The normalized spacial score (nSPS) is 11.0. The van der Waals surface area contributed by atoms with Gasteiger partial charge in [-0.3, -0.25) is 9.69 Å². The van der Waals surface area contributed by atoms with E-state index >= 15 is 0 Å². The number of anilines is 2. The molecule has 0 aliphatic carbocycles. The van der Waals surface area contributed by atoms with Crippen LogP contribution in [0.15, 0.2) is 60.7 Å². The Morgan fingerprint density at radius 2 is 1.55 bits per heavy atom. The molecule has 1 heterocycles. The molecule has 0 fully saturated rings. The maximum absolute atomic E-state index is 13.6. The van der Waals surface area contributed by atoms with Crippen LogP contribution in [0.1, 0.15) is 16.7 Å². The van der Waals surface area contributed by atoms with Gasteiger partial charge < -0.3 is 0 Å². The van der Waals surface area contributed by atoms with Gasteiger partial charge in [0.1, 0.15) is 0 Å². The van der Waals surface area contributed by atoms with E-state index in [0.717, 1.165) is 27.0 Å². The maximum Gasteiger partial charge on any atom is 0.237 e. The second-order valence-electron chi connectivity index (χ2n) is 6.81. The molecule has 0 atom stereocenters. The molecule has 0 unspecified atom stereocenters. The van der Waals surface area contributed by atoms with Crippen molar-refractivity contribution in [2.45, 2.75) is 20.3 Å². The highest BCUT2D eigenvalue weighted by Gasteiger charge is 2.26. The monoisotopic (exact) mass is 440 g/mol. The first-order chi connectivity index (χ1) is 14.0. The maximum atomic E-state index is 13.6. The van der Waals surface area contributed by atoms with Crippen molar-refractivity contribution < 1.29 is 4.79 Å². The van der Waals surface area contributed by atoms with Crippen molar-refractivity contribution in [1.82, 2.24) is 4.98 Å². The molecule has 3 aromatic carbocycles. The van der Waals surface area contributed by atoms with Gasteiger partial charge >= 0.3 is 0 Å². The molecule has 1 amide bonds. The van der Waals surface area contributed by atoms with Crippen molar-refractivity contribution in [2.24, 2.45) is 0 Å². The highest BCUT2D eigenvalue weighted by molar-refractivity contribution is 7.22. The number of nitrogens with zero attached hydrogens (tertiary/aromatic N) is 2. The Morgan fingerprint density at radius 1 is 0.931 bits per heavy atom. The average Bonchev–Trinajstić information content (AvgIpc) is 3.11. The average molecular weight is 441 g/mol. The van der Waals surface area contributed by atoms with E-state index < -0.39 is 0 Å². The third-order valence-corrected chi connectivity index (χ3v) is 6.51. The Labute approximate surface area is 183 Å². The number of aryl methyl sites for hydroxylation is 2. The third kappa shape index (κ3) is 3.88. The number of hydrogen-bond acceptors (Lipinski definition) is 3. The summed E-state index contributed by atoms with van der Waals surface area (Å²) in [4.78, 5) is 20.0. The Morgan fingerprint density at radius 3 is 2.21 bits per heavy atom. The predicted octanol–water partition coefficient (Wildman–Crippen LogP) is 7.13. The Hall–Kier alpha value is -2.40. The fourth-order valence-corrected chi connectivity index (χ4v) is 4.89. The molecule has 3 nitrogen and oxygen atoms in total. The van der Waals surface area contributed by atoms with E-state index in [2.05, 4.69) is 0 Å². The van der Waals surface area contributed by atoms with Gasteiger partial charge in [0.2, 0.25) is 5.91 Å². The first-order valence-corrected chi connectivity index (χ1v) is 10.7. The summed E-state index contributed by atoms with van der Waals surface area (Å²) in [5.74, 6) is -0.128. The van der Waals surface area contributed by atoms with Gasteiger partial charge in [-0.05, 0) is 54.8 Å². The van der Waals surface area contributed by atoms with Crippen LogP contribution in [-0.4, -0.2) is 10.9 Å². The highest BCUT2D eigenvalue weighted by atomic mass is 35.5. The molecule has 0 radical (unpaired) electrons. The number of halogens is 2. The van der Waals surface area contributed by atoms with Gasteiger partial charge in [-0.25, -0.2) is 4.98 Å². The quantitative estimate of drug-likeness (QED) is 0.338. The third-order valence-electron chi connectivity index (χ3n) is 4.78. The zero-order chi connectivity index (χ0) is 20.5. The lowest BCUT2D eigenvalue weighted by atomic mass is 10.1. The second-order valence-corrected chi connectivity index (χ2v) is 8.63. The number of para-hydroxylation sites is 2. The lowest BCUT2D eigenvalue weighted by Crippen LogP contribution is -2.29. The number of fused-ring (bicyclic) bond motifs is 1. The van der Waals surface area contributed by atoms with Crippen molar-refractivity contribution in [3.8, 4) is 0 Å². The molecule has 0 bridgehead atoms. The summed E-state index contributed by atoms with van der Waals surface area (Å²) < 4.78 is 1.03. The van der Waals surface area contributed by atoms with Crippen LogP contribution in [0.5, 0.6) is 0 Å². The van der Waals surface area contributed by atoms with Gasteiger partial charge in [-0.15, -0.1) is 0 Å². The summed E-state index contributed by atoms with van der Waals surface area (Å²) in [5, 5.41) is 1.60. The van der Waals surface area contributed by atoms with E-state index in [1.54, 1.807) is 23.1 Å². The van der Waals surface area contributed by atoms with E-state index in [-0.39, 0.29) is 12.3 Å². The zero-order valence-corrected chi connectivity index (χ0v) is 18.3. The van der Waals surface area contributed by atoms with E-state index in [4.69, 9.17) is 28.2 Å². The Balaban J connectivity index is 1.85. The van der Waals surface area contributed by atoms with E-state index in [9.17, 15) is 4.79 Å². The molecule has 6 heteroatoms.